The number of aryl methyl sites for hydroxylation is 1. The first-order valence-corrected chi connectivity index (χ1v) is 7.56. The topological polar surface area (TPSA) is 106 Å². The molecule has 0 aliphatic carbocycles. The average Bonchev–Trinajstić information content (AvgIpc) is 2.48. The summed E-state index contributed by atoms with van der Waals surface area (Å²) in [5.74, 6) is -0.974. The molecule has 0 aliphatic rings. The van der Waals surface area contributed by atoms with Gasteiger partial charge in [-0.05, 0) is 24.5 Å². The van der Waals surface area contributed by atoms with Gasteiger partial charge in [0.25, 0.3) is 0 Å². The van der Waals surface area contributed by atoms with E-state index < -0.39 is 5.97 Å². The smallest absolute Gasteiger partial charge is 0.368 e. The van der Waals surface area contributed by atoms with Crippen LogP contribution in [0.4, 0.5) is 0 Å². The van der Waals surface area contributed by atoms with Gasteiger partial charge in [-0.25, -0.2) is 4.79 Å². The van der Waals surface area contributed by atoms with Gasteiger partial charge >= 0.3 is 5.97 Å². The number of hydrogen-bond donors (Lipinski definition) is 2. The molecule has 0 amide bonds. The van der Waals surface area contributed by atoms with E-state index in [9.17, 15) is 5.11 Å². The minimum Gasteiger partial charge on any atom is -0.508 e. The lowest BCUT2D eigenvalue weighted by Gasteiger charge is -2.04. The number of carbonyl (C=O) groups is 2. The van der Waals surface area contributed by atoms with Crippen molar-refractivity contribution in [2.45, 2.75) is 58.3 Å². The summed E-state index contributed by atoms with van der Waals surface area (Å²) in [6.45, 7) is 2.25. The molecule has 1 aromatic rings. The number of carboxylic acid groups (broad SMARTS) is 1. The van der Waals surface area contributed by atoms with Crippen LogP contribution in [0.15, 0.2) is 24.3 Å². The molecule has 22 heavy (non-hydrogen) atoms. The Morgan fingerprint density at radius 1 is 1.05 bits per heavy atom. The second-order valence-electron chi connectivity index (χ2n) is 4.96. The average molecular weight is 312 g/mol. The molecule has 0 unspecified atom stereocenters. The second kappa shape index (κ2) is 15.5. The SMILES string of the molecule is CCCCCCCCCc1ccccc1O.O.O=CC(=O)O. The predicted molar refractivity (Wildman–Crippen MR) is 87.1 cm³/mol. The van der Waals surface area contributed by atoms with Crippen LogP contribution in [0.2, 0.25) is 0 Å². The number of carbonyl (C=O) groups excluding carboxylic acids is 1. The largest absolute Gasteiger partial charge is 0.508 e. The van der Waals surface area contributed by atoms with Crippen molar-refractivity contribution < 1.29 is 25.3 Å². The monoisotopic (exact) mass is 312 g/mol. The van der Waals surface area contributed by atoms with Crippen LogP contribution in [0.3, 0.4) is 0 Å². The van der Waals surface area contributed by atoms with E-state index in [1.165, 1.54) is 44.9 Å². The molecule has 0 spiro atoms. The van der Waals surface area contributed by atoms with Gasteiger partial charge in [-0.3, -0.25) is 4.79 Å². The van der Waals surface area contributed by atoms with Crippen LogP contribution in [0.5, 0.6) is 5.75 Å². The standard InChI is InChI=1S/C15H24O.C2H2O3.H2O/c1-2-3-4-5-6-7-8-11-14-12-9-10-13-15(14)16;3-1-2(4)5;/h9-10,12-13,16H,2-8,11H2,1H3;1H,(H,4,5);1H2. The Hall–Kier alpha value is -1.88. The molecular formula is C17H28O5. The number of phenols is 1. The van der Waals surface area contributed by atoms with Crippen molar-refractivity contribution in [3.05, 3.63) is 29.8 Å². The summed E-state index contributed by atoms with van der Waals surface area (Å²) in [4.78, 5) is 17.9. The van der Waals surface area contributed by atoms with Crippen molar-refractivity contribution in [2.75, 3.05) is 0 Å². The molecule has 1 rings (SSSR count). The highest BCUT2D eigenvalue weighted by atomic mass is 16.4. The molecule has 0 saturated heterocycles. The van der Waals surface area contributed by atoms with E-state index in [1.54, 1.807) is 6.07 Å². The van der Waals surface area contributed by atoms with Crippen LogP contribution < -0.4 is 0 Å². The molecule has 1 aromatic carbocycles. The number of unbranched alkanes of at least 4 members (excludes halogenated alkanes) is 6. The molecule has 0 aliphatic heterocycles. The van der Waals surface area contributed by atoms with Crippen LogP contribution in [-0.4, -0.2) is 27.9 Å². The summed E-state index contributed by atoms with van der Waals surface area (Å²) < 4.78 is 0. The fraction of sp³-hybridized carbons (Fsp3) is 0.529. The maximum Gasteiger partial charge on any atom is 0.368 e. The molecule has 0 radical (unpaired) electrons. The van der Waals surface area contributed by atoms with Crippen molar-refractivity contribution in [2.24, 2.45) is 0 Å². The van der Waals surface area contributed by atoms with Crippen LogP contribution >= 0.6 is 0 Å². The third-order valence-corrected chi connectivity index (χ3v) is 3.14. The zero-order chi connectivity index (χ0) is 15.9. The van der Waals surface area contributed by atoms with Crippen LogP contribution in [0.25, 0.3) is 0 Å². The van der Waals surface area contributed by atoms with E-state index in [1.807, 2.05) is 18.2 Å². The number of para-hydroxylation sites is 1. The predicted octanol–water partition coefficient (Wildman–Crippen LogP) is 3.13. The van der Waals surface area contributed by atoms with Gasteiger partial charge in [0.1, 0.15) is 5.75 Å². The van der Waals surface area contributed by atoms with Crippen molar-refractivity contribution in [1.82, 2.24) is 0 Å². The van der Waals surface area contributed by atoms with E-state index in [-0.39, 0.29) is 11.8 Å². The fourth-order valence-electron chi connectivity index (χ4n) is 1.99. The number of hydrogen-bond acceptors (Lipinski definition) is 3. The van der Waals surface area contributed by atoms with Gasteiger partial charge in [0.05, 0.1) is 0 Å². The number of aldehydes is 1. The molecule has 5 heteroatoms. The first-order valence-electron chi connectivity index (χ1n) is 7.56. The third-order valence-electron chi connectivity index (χ3n) is 3.14. The first-order chi connectivity index (χ1) is 10.1. The van der Waals surface area contributed by atoms with Crippen molar-refractivity contribution >= 4 is 12.3 Å². The summed E-state index contributed by atoms with van der Waals surface area (Å²) in [5.41, 5.74) is 1.09. The lowest BCUT2D eigenvalue weighted by atomic mass is 10.0. The van der Waals surface area contributed by atoms with Crippen molar-refractivity contribution in [3.63, 3.8) is 0 Å². The minimum absolute atomic E-state index is 0. The summed E-state index contributed by atoms with van der Waals surface area (Å²) >= 11 is 0. The molecular weight excluding hydrogens is 284 g/mol. The Kier molecular flexibility index (Phi) is 15.8. The van der Waals surface area contributed by atoms with E-state index in [0.29, 0.717) is 5.75 Å². The van der Waals surface area contributed by atoms with E-state index in [0.717, 1.165) is 12.0 Å². The maximum absolute atomic E-state index is 9.58. The highest BCUT2D eigenvalue weighted by molar-refractivity contribution is 6.19. The highest BCUT2D eigenvalue weighted by Crippen LogP contribution is 2.18. The number of rotatable bonds is 9. The number of carboxylic acids is 1. The number of benzene rings is 1. The number of aromatic hydroxyl groups is 1. The summed E-state index contributed by atoms with van der Waals surface area (Å²) in [5, 5.41) is 16.9. The summed E-state index contributed by atoms with van der Waals surface area (Å²) in [6.07, 6.45) is 10.1. The second-order valence-corrected chi connectivity index (χ2v) is 4.96. The number of aliphatic carboxylic acids is 1. The summed E-state index contributed by atoms with van der Waals surface area (Å²) in [6, 6.07) is 7.67. The normalized spacial score (nSPS) is 9.14. The van der Waals surface area contributed by atoms with Gasteiger partial charge in [0.15, 0.2) is 0 Å². The summed E-state index contributed by atoms with van der Waals surface area (Å²) in [7, 11) is 0. The van der Waals surface area contributed by atoms with E-state index >= 15 is 0 Å². The lowest BCUT2D eigenvalue weighted by molar-refractivity contribution is -0.143. The van der Waals surface area contributed by atoms with Gasteiger partial charge in [-0.2, -0.15) is 0 Å². The third kappa shape index (κ3) is 13.1. The quantitative estimate of drug-likeness (QED) is 0.415. The molecule has 0 fully saturated rings. The molecule has 0 heterocycles. The molecule has 0 atom stereocenters. The zero-order valence-corrected chi connectivity index (χ0v) is 13.3. The van der Waals surface area contributed by atoms with Crippen molar-refractivity contribution in [3.8, 4) is 5.75 Å². The fourth-order valence-corrected chi connectivity index (χ4v) is 1.99. The van der Waals surface area contributed by atoms with Crippen LogP contribution in [-0.2, 0) is 16.0 Å². The molecule has 0 aromatic heterocycles. The number of phenolic OH excluding ortho intramolecular Hbond substituents is 1. The minimum atomic E-state index is -1.43. The van der Waals surface area contributed by atoms with Crippen LogP contribution in [0, 0.1) is 0 Å². The Labute approximate surface area is 132 Å². The van der Waals surface area contributed by atoms with E-state index in [2.05, 4.69) is 6.92 Å². The first kappa shape index (κ1) is 22.4. The van der Waals surface area contributed by atoms with Gasteiger partial charge in [-0.1, -0.05) is 63.6 Å². The molecule has 0 saturated carbocycles. The Morgan fingerprint density at radius 2 is 1.55 bits per heavy atom. The van der Waals surface area contributed by atoms with E-state index in [4.69, 9.17) is 14.7 Å². The molecule has 5 nitrogen and oxygen atoms in total. The molecule has 4 N–H and O–H groups in total. The van der Waals surface area contributed by atoms with Gasteiger partial charge in [-0.15, -0.1) is 0 Å². The molecule has 126 valence electrons. The lowest BCUT2D eigenvalue weighted by Crippen LogP contribution is -1.91. The van der Waals surface area contributed by atoms with Gasteiger partial charge in [0.2, 0.25) is 6.29 Å². The van der Waals surface area contributed by atoms with Gasteiger partial charge in [0, 0.05) is 0 Å². The van der Waals surface area contributed by atoms with Crippen LogP contribution in [0.1, 0.15) is 57.4 Å². The van der Waals surface area contributed by atoms with Gasteiger partial charge < -0.3 is 15.7 Å². The Morgan fingerprint density at radius 3 is 2.05 bits per heavy atom. The Balaban J connectivity index is 0. The maximum atomic E-state index is 9.58. The zero-order valence-electron chi connectivity index (χ0n) is 13.3. The molecule has 0 bridgehead atoms. The highest BCUT2D eigenvalue weighted by Gasteiger charge is 1.98. The van der Waals surface area contributed by atoms with Crippen molar-refractivity contribution in [1.29, 1.82) is 0 Å². The Bertz CT molecular complexity index is 404.